The molecule has 0 bridgehead atoms. The summed E-state index contributed by atoms with van der Waals surface area (Å²) in [5.74, 6) is 0.503. The summed E-state index contributed by atoms with van der Waals surface area (Å²) in [6.45, 7) is 3.54. The van der Waals surface area contributed by atoms with Gasteiger partial charge in [-0.2, -0.15) is 0 Å². The van der Waals surface area contributed by atoms with Gasteiger partial charge in [0.25, 0.3) is 0 Å². The Kier molecular flexibility index (Phi) is 4.44. The van der Waals surface area contributed by atoms with Crippen LogP contribution in [-0.2, 0) is 0 Å². The summed E-state index contributed by atoms with van der Waals surface area (Å²) in [5.41, 5.74) is 1.12. The van der Waals surface area contributed by atoms with Crippen LogP contribution in [0.15, 0.2) is 46.9 Å². The second-order valence-corrected chi connectivity index (χ2v) is 5.83. The van der Waals surface area contributed by atoms with Gasteiger partial charge in [0.15, 0.2) is 5.58 Å². The molecular formula is C18H15ClFNO3. The normalized spacial score (nSPS) is 12.2. The van der Waals surface area contributed by atoms with Gasteiger partial charge in [-0.1, -0.05) is 29.8 Å². The number of aryl methyl sites for hydroxylation is 1. The number of carbonyl (C=O) groups excluding carboxylic acids is 1. The van der Waals surface area contributed by atoms with Crippen LogP contribution in [0, 0.1) is 12.7 Å². The first kappa shape index (κ1) is 16.3. The average Bonchev–Trinajstić information content (AvgIpc) is 2.86. The molecule has 0 fully saturated rings. The second-order valence-electron chi connectivity index (χ2n) is 5.42. The monoisotopic (exact) mass is 347 g/mol. The van der Waals surface area contributed by atoms with Crippen LogP contribution in [0.4, 0.5) is 9.18 Å². The van der Waals surface area contributed by atoms with E-state index in [1.165, 1.54) is 12.1 Å². The Balaban J connectivity index is 1.81. The highest BCUT2D eigenvalue weighted by atomic mass is 35.5. The lowest BCUT2D eigenvalue weighted by molar-refractivity contribution is 0.195. The van der Waals surface area contributed by atoms with Gasteiger partial charge in [0.2, 0.25) is 0 Å². The topological polar surface area (TPSA) is 51.5 Å². The molecule has 0 radical (unpaired) electrons. The molecule has 124 valence electrons. The predicted octanol–water partition coefficient (Wildman–Crippen LogP) is 5.38. The zero-order chi connectivity index (χ0) is 17.3. The van der Waals surface area contributed by atoms with E-state index < -0.39 is 18.0 Å². The first-order valence-corrected chi connectivity index (χ1v) is 7.75. The molecular weight excluding hydrogens is 333 g/mol. The zero-order valence-corrected chi connectivity index (χ0v) is 13.9. The van der Waals surface area contributed by atoms with Gasteiger partial charge in [-0.05, 0) is 38.1 Å². The minimum atomic E-state index is -0.606. The molecule has 1 aromatic heterocycles. The number of amides is 1. The Bertz CT molecular complexity index is 892. The summed E-state index contributed by atoms with van der Waals surface area (Å²) in [6.07, 6.45) is -0.606. The smallest absolute Gasteiger partial charge is 0.413 e. The standard InChI is InChI=1S/C18H15ClFNO3/c1-10-14-8-12(20)9-15(19)17(14)24-16(10)11(2)21-18(22)23-13-6-4-3-5-7-13/h3-9,11H,1-2H3,(H,21,22). The number of hydrogen-bond acceptors (Lipinski definition) is 3. The van der Waals surface area contributed by atoms with E-state index in [0.717, 1.165) is 5.56 Å². The maximum atomic E-state index is 13.5. The van der Waals surface area contributed by atoms with Crippen molar-refractivity contribution >= 4 is 28.7 Å². The molecule has 6 heteroatoms. The molecule has 0 spiro atoms. The zero-order valence-electron chi connectivity index (χ0n) is 13.1. The third-order valence-corrected chi connectivity index (χ3v) is 3.96. The molecule has 0 aliphatic heterocycles. The fourth-order valence-electron chi connectivity index (χ4n) is 2.54. The van der Waals surface area contributed by atoms with Gasteiger partial charge in [-0.15, -0.1) is 0 Å². The molecule has 1 atom stereocenters. The molecule has 3 rings (SSSR count). The van der Waals surface area contributed by atoms with Gasteiger partial charge >= 0.3 is 6.09 Å². The lowest BCUT2D eigenvalue weighted by atomic mass is 10.1. The lowest BCUT2D eigenvalue weighted by Gasteiger charge is -2.12. The number of fused-ring (bicyclic) bond motifs is 1. The molecule has 0 saturated carbocycles. The molecule has 0 saturated heterocycles. The highest BCUT2D eigenvalue weighted by Crippen LogP contribution is 2.34. The predicted molar refractivity (Wildman–Crippen MR) is 89.9 cm³/mol. The van der Waals surface area contributed by atoms with Crippen LogP contribution in [0.25, 0.3) is 11.0 Å². The molecule has 24 heavy (non-hydrogen) atoms. The van der Waals surface area contributed by atoms with Gasteiger partial charge in [0.05, 0.1) is 11.1 Å². The van der Waals surface area contributed by atoms with Crippen LogP contribution >= 0.6 is 11.6 Å². The fourth-order valence-corrected chi connectivity index (χ4v) is 2.79. The Labute approximate surface area is 143 Å². The number of rotatable bonds is 3. The number of furan rings is 1. The van der Waals surface area contributed by atoms with Gasteiger partial charge in [-0.3, -0.25) is 0 Å². The number of halogens is 2. The van der Waals surface area contributed by atoms with Gasteiger partial charge in [-0.25, -0.2) is 9.18 Å². The Hall–Kier alpha value is -2.53. The van der Waals surface area contributed by atoms with Crippen molar-refractivity contribution in [1.29, 1.82) is 0 Å². The van der Waals surface area contributed by atoms with Crippen molar-refractivity contribution in [2.75, 3.05) is 0 Å². The highest BCUT2D eigenvalue weighted by Gasteiger charge is 2.21. The summed E-state index contributed by atoms with van der Waals surface area (Å²) >= 11 is 6.02. The van der Waals surface area contributed by atoms with Crippen LogP contribution < -0.4 is 10.1 Å². The summed E-state index contributed by atoms with van der Waals surface area (Å²) < 4.78 is 24.4. The highest BCUT2D eigenvalue weighted by molar-refractivity contribution is 6.34. The number of benzene rings is 2. The van der Waals surface area contributed by atoms with E-state index in [0.29, 0.717) is 22.5 Å². The number of para-hydroxylation sites is 1. The van der Waals surface area contributed by atoms with E-state index in [2.05, 4.69) is 5.32 Å². The van der Waals surface area contributed by atoms with Crippen molar-refractivity contribution in [2.24, 2.45) is 0 Å². The van der Waals surface area contributed by atoms with Crippen molar-refractivity contribution in [2.45, 2.75) is 19.9 Å². The van der Waals surface area contributed by atoms with Crippen LogP contribution in [0.3, 0.4) is 0 Å². The van der Waals surface area contributed by atoms with Crippen molar-refractivity contribution in [3.05, 3.63) is 64.6 Å². The van der Waals surface area contributed by atoms with Crippen LogP contribution in [-0.4, -0.2) is 6.09 Å². The Morgan fingerprint density at radius 1 is 1.29 bits per heavy atom. The van der Waals surface area contributed by atoms with Crippen LogP contribution in [0.2, 0.25) is 5.02 Å². The number of hydrogen-bond donors (Lipinski definition) is 1. The van der Waals surface area contributed by atoms with Gasteiger partial charge in [0.1, 0.15) is 17.3 Å². The first-order chi connectivity index (χ1) is 11.5. The number of nitrogens with one attached hydrogen (secondary N) is 1. The van der Waals surface area contributed by atoms with E-state index in [4.69, 9.17) is 20.8 Å². The minimum Gasteiger partial charge on any atom is -0.457 e. The molecule has 1 amide bonds. The third kappa shape index (κ3) is 3.21. The summed E-state index contributed by atoms with van der Waals surface area (Å²) in [5, 5.41) is 3.47. The summed E-state index contributed by atoms with van der Waals surface area (Å²) in [6, 6.07) is 10.8. The summed E-state index contributed by atoms with van der Waals surface area (Å²) in [7, 11) is 0. The van der Waals surface area contributed by atoms with E-state index in [-0.39, 0.29) is 5.02 Å². The van der Waals surface area contributed by atoms with E-state index >= 15 is 0 Å². The van der Waals surface area contributed by atoms with Gasteiger partial charge in [0, 0.05) is 10.9 Å². The lowest BCUT2D eigenvalue weighted by Crippen LogP contribution is -2.29. The Morgan fingerprint density at radius 2 is 2.00 bits per heavy atom. The quantitative estimate of drug-likeness (QED) is 0.691. The minimum absolute atomic E-state index is 0.193. The maximum absolute atomic E-state index is 13.5. The number of carbonyl (C=O) groups is 1. The molecule has 1 unspecified atom stereocenters. The molecule has 2 aromatic carbocycles. The average molecular weight is 348 g/mol. The van der Waals surface area contributed by atoms with Gasteiger partial charge < -0.3 is 14.5 Å². The van der Waals surface area contributed by atoms with Crippen LogP contribution in [0.1, 0.15) is 24.3 Å². The molecule has 4 nitrogen and oxygen atoms in total. The molecule has 0 aliphatic carbocycles. The molecule has 1 N–H and O–H groups in total. The summed E-state index contributed by atoms with van der Waals surface area (Å²) in [4.78, 5) is 12.0. The second kappa shape index (κ2) is 6.53. The largest absolute Gasteiger partial charge is 0.457 e. The molecule has 1 heterocycles. The molecule has 0 aliphatic rings. The van der Waals surface area contributed by atoms with E-state index in [1.807, 2.05) is 6.07 Å². The van der Waals surface area contributed by atoms with Crippen LogP contribution in [0.5, 0.6) is 5.75 Å². The van der Waals surface area contributed by atoms with Crippen molar-refractivity contribution in [3.8, 4) is 5.75 Å². The maximum Gasteiger partial charge on any atom is 0.413 e. The van der Waals surface area contributed by atoms with Crippen molar-refractivity contribution in [3.63, 3.8) is 0 Å². The Morgan fingerprint density at radius 3 is 2.71 bits per heavy atom. The van der Waals surface area contributed by atoms with Crippen molar-refractivity contribution in [1.82, 2.24) is 5.32 Å². The third-order valence-electron chi connectivity index (χ3n) is 3.68. The molecule has 3 aromatic rings. The first-order valence-electron chi connectivity index (χ1n) is 7.37. The fraction of sp³-hybridized carbons (Fsp3) is 0.167. The van der Waals surface area contributed by atoms with Crippen molar-refractivity contribution < 1.29 is 18.3 Å². The number of ether oxygens (including phenoxy) is 1. The van der Waals surface area contributed by atoms with E-state index in [9.17, 15) is 9.18 Å². The van der Waals surface area contributed by atoms with E-state index in [1.54, 1.807) is 38.1 Å². The SMILES string of the molecule is Cc1c(C(C)NC(=O)Oc2ccccc2)oc2c(Cl)cc(F)cc12.